The van der Waals surface area contributed by atoms with E-state index in [9.17, 15) is 4.79 Å². The minimum atomic E-state index is -0.143. The average molecular weight is 318 g/mol. The molecular formula is C17H26N4O2. The van der Waals surface area contributed by atoms with Crippen molar-refractivity contribution in [3.05, 3.63) is 18.3 Å². The second kappa shape index (κ2) is 7.17. The number of anilines is 2. The fourth-order valence-corrected chi connectivity index (χ4v) is 3.33. The Hall–Kier alpha value is -1.82. The highest BCUT2D eigenvalue weighted by Crippen LogP contribution is 2.27. The van der Waals surface area contributed by atoms with E-state index in [2.05, 4.69) is 27.4 Å². The lowest BCUT2D eigenvalue weighted by Gasteiger charge is -2.34. The third-order valence-corrected chi connectivity index (χ3v) is 4.71. The van der Waals surface area contributed by atoms with E-state index < -0.39 is 0 Å². The molecule has 126 valence electrons. The first-order valence-corrected chi connectivity index (χ1v) is 8.53. The number of ether oxygens (including phenoxy) is 1. The Kier molecular flexibility index (Phi) is 5.00. The van der Waals surface area contributed by atoms with Gasteiger partial charge in [-0.1, -0.05) is 19.3 Å². The van der Waals surface area contributed by atoms with Crippen LogP contribution < -0.4 is 15.5 Å². The summed E-state index contributed by atoms with van der Waals surface area (Å²) in [6, 6.07) is 3.71. The molecule has 0 aromatic carbocycles. The number of pyridine rings is 1. The highest BCUT2D eigenvalue weighted by atomic mass is 16.5. The number of carbonyl (C=O) groups excluding carboxylic acids is 1. The first-order valence-electron chi connectivity index (χ1n) is 8.53. The molecular weight excluding hydrogens is 292 g/mol. The van der Waals surface area contributed by atoms with Crippen LogP contribution in [0.3, 0.4) is 0 Å². The second-order valence-corrected chi connectivity index (χ2v) is 6.70. The number of morpholine rings is 1. The van der Waals surface area contributed by atoms with Crippen molar-refractivity contribution in [2.24, 2.45) is 0 Å². The van der Waals surface area contributed by atoms with E-state index in [-0.39, 0.29) is 11.6 Å². The number of amides is 2. The summed E-state index contributed by atoms with van der Waals surface area (Å²) in [4.78, 5) is 18.8. The summed E-state index contributed by atoms with van der Waals surface area (Å²) in [6.07, 6.45) is 7.46. The van der Waals surface area contributed by atoms with Crippen LogP contribution in [0.5, 0.6) is 0 Å². The number of rotatable bonds is 3. The fourth-order valence-electron chi connectivity index (χ4n) is 3.33. The number of carbonyl (C=O) groups is 1. The Morgan fingerprint density at radius 1 is 1.22 bits per heavy atom. The summed E-state index contributed by atoms with van der Waals surface area (Å²) in [7, 11) is 0. The molecule has 6 heteroatoms. The molecule has 1 aliphatic heterocycles. The van der Waals surface area contributed by atoms with E-state index in [1.54, 1.807) is 6.20 Å². The number of aromatic nitrogens is 1. The molecule has 1 saturated carbocycles. The highest BCUT2D eigenvalue weighted by Gasteiger charge is 2.28. The minimum Gasteiger partial charge on any atom is -0.378 e. The third kappa shape index (κ3) is 4.34. The summed E-state index contributed by atoms with van der Waals surface area (Å²) in [5.74, 6) is 0.929. The van der Waals surface area contributed by atoms with Crippen molar-refractivity contribution in [3.63, 3.8) is 0 Å². The van der Waals surface area contributed by atoms with Crippen molar-refractivity contribution >= 4 is 17.5 Å². The van der Waals surface area contributed by atoms with Crippen LogP contribution in [-0.2, 0) is 4.74 Å². The van der Waals surface area contributed by atoms with E-state index in [1.807, 2.05) is 12.1 Å². The Morgan fingerprint density at radius 2 is 1.96 bits per heavy atom. The van der Waals surface area contributed by atoms with Crippen molar-refractivity contribution in [2.75, 3.05) is 36.5 Å². The van der Waals surface area contributed by atoms with Gasteiger partial charge < -0.3 is 20.3 Å². The maximum atomic E-state index is 12.2. The number of hydrogen-bond donors (Lipinski definition) is 2. The zero-order chi connectivity index (χ0) is 16.1. The molecule has 1 saturated heterocycles. The molecule has 1 aromatic heterocycles. The van der Waals surface area contributed by atoms with Crippen molar-refractivity contribution in [2.45, 2.75) is 44.6 Å². The maximum Gasteiger partial charge on any atom is 0.319 e. The van der Waals surface area contributed by atoms with Gasteiger partial charge in [0.05, 0.1) is 25.1 Å². The highest BCUT2D eigenvalue weighted by molar-refractivity contribution is 5.89. The lowest BCUT2D eigenvalue weighted by atomic mass is 9.83. The lowest BCUT2D eigenvalue weighted by Crippen LogP contribution is -2.48. The Bertz CT molecular complexity index is 520. The van der Waals surface area contributed by atoms with Gasteiger partial charge in [-0.3, -0.25) is 0 Å². The van der Waals surface area contributed by atoms with Gasteiger partial charge in [0.15, 0.2) is 0 Å². The van der Waals surface area contributed by atoms with E-state index in [1.165, 1.54) is 19.3 Å². The molecule has 1 aromatic rings. The Labute approximate surface area is 137 Å². The number of hydrogen-bond acceptors (Lipinski definition) is 4. The zero-order valence-corrected chi connectivity index (χ0v) is 13.8. The normalized spacial score (nSPS) is 20.8. The minimum absolute atomic E-state index is 0.0799. The largest absolute Gasteiger partial charge is 0.378 e. The van der Waals surface area contributed by atoms with Crippen LogP contribution in [0.1, 0.15) is 39.0 Å². The van der Waals surface area contributed by atoms with Crippen LogP contribution in [0.25, 0.3) is 0 Å². The van der Waals surface area contributed by atoms with Crippen LogP contribution in [0.4, 0.5) is 16.3 Å². The molecule has 0 spiro atoms. The van der Waals surface area contributed by atoms with Gasteiger partial charge in [0.1, 0.15) is 5.82 Å². The molecule has 6 nitrogen and oxygen atoms in total. The van der Waals surface area contributed by atoms with E-state index in [0.29, 0.717) is 0 Å². The molecule has 0 radical (unpaired) electrons. The second-order valence-electron chi connectivity index (χ2n) is 6.70. The van der Waals surface area contributed by atoms with Crippen LogP contribution >= 0.6 is 0 Å². The monoisotopic (exact) mass is 318 g/mol. The van der Waals surface area contributed by atoms with Gasteiger partial charge in [-0.05, 0) is 31.9 Å². The molecule has 2 aliphatic rings. The van der Waals surface area contributed by atoms with E-state index in [4.69, 9.17) is 4.74 Å². The Balaban J connectivity index is 1.54. The van der Waals surface area contributed by atoms with Gasteiger partial charge >= 0.3 is 6.03 Å². The van der Waals surface area contributed by atoms with Crippen LogP contribution in [0.2, 0.25) is 0 Å². The van der Waals surface area contributed by atoms with Gasteiger partial charge in [-0.25, -0.2) is 9.78 Å². The van der Waals surface area contributed by atoms with Crippen molar-refractivity contribution in [1.82, 2.24) is 10.3 Å². The van der Waals surface area contributed by atoms with E-state index >= 15 is 0 Å². The summed E-state index contributed by atoms with van der Waals surface area (Å²) in [5.41, 5.74) is 0.641. The summed E-state index contributed by atoms with van der Waals surface area (Å²) >= 11 is 0. The predicted octanol–water partition coefficient (Wildman–Crippen LogP) is 2.76. The van der Waals surface area contributed by atoms with Gasteiger partial charge in [-0.15, -0.1) is 0 Å². The van der Waals surface area contributed by atoms with Crippen molar-refractivity contribution in [1.29, 1.82) is 0 Å². The maximum absolute atomic E-state index is 12.2. The molecule has 2 fully saturated rings. The third-order valence-electron chi connectivity index (χ3n) is 4.71. The quantitative estimate of drug-likeness (QED) is 0.899. The number of urea groups is 1. The van der Waals surface area contributed by atoms with Gasteiger partial charge in [-0.2, -0.15) is 0 Å². The van der Waals surface area contributed by atoms with Crippen LogP contribution in [-0.4, -0.2) is 42.9 Å². The van der Waals surface area contributed by atoms with Crippen LogP contribution in [0, 0.1) is 0 Å². The molecule has 0 atom stereocenters. The van der Waals surface area contributed by atoms with Gasteiger partial charge in [0.2, 0.25) is 0 Å². The predicted molar refractivity (Wildman–Crippen MR) is 90.9 cm³/mol. The first-order chi connectivity index (χ1) is 11.1. The topological polar surface area (TPSA) is 66.5 Å². The zero-order valence-electron chi connectivity index (χ0n) is 13.8. The smallest absolute Gasteiger partial charge is 0.319 e. The van der Waals surface area contributed by atoms with Crippen molar-refractivity contribution < 1.29 is 9.53 Å². The average Bonchev–Trinajstić information content (AvgIpc) is 2.56. The SMILES string of the molecule is CC1(NC(=O)Nc2ccc(N3CCOCC3)nc2)CCCCC1. The number of nitrogens with one attached hydrogen (secondary N) is 2. The molecule has 0 bridgehead atoms. The molecule has 2 amide bonds. The molecule has 3 rings (SSSR count). The summed E-state index contributed by atoms with van der Waals surface area (Å²) < 4.78 is 5.34. The van der Waals surface area contributed by atoms with Gasteiger partial charge in [0.25, 0.3) is 0 Å². The molecule has 2 N–H and O–H groups in total. The first kappa shape index (κ1) is 16.1. The van der Waals surface area contributed by atoms with Crippen molar-refractivity contribution in [3.8, 4) is 0 Å². The summed E-state index contributed by atoms with van der Waals surface area (Å²) in [6.45, 7) is 5.33. The lowest BCUT2D eigenvalue weighted by molar-refractivity contribution is 0.122. The fraction of sp³-hybridized carbons (Fsp3) is 0.647. The molecule has 1 aliphatic carbocycles. The van der Waals surface area contributed by atoms with E-state index in [0.717, 1.165) is 50.7 Å². The molecule has 2 heterocycles. The van der Waals surface area contributed by atoms with Gasteiger partial charge in [0, 0.05) is 18.6 Å². The van der Waals surface area contributed by atoms with Crippen LogP contribution in [0.15, 0.2) is 18.3 Å². The molecule has 0 unspecified atom stereocenters. The Morgan fingerprint density at radius 3 is 2.61 bits per heavy atom. The summed E-state index contributed by atoms with van der Waals surface area (Å²) in [5, 5.41) is 6.01. The number of nitrogens with zero attached hydrogens (tertiary/aromatic N) is 2. The standard InChI is InChI=1S/C17H26N4O2/c1-17(7-3-2-4-8-17)20-16(22)19-14-5-6-15(18-13-14)21-9-11-23-12-10-21/h5-6,13H,2-4,7-12H2,1H3,(H2,19,20,22). The molecule has 23 heavy (non-hydrogen) atoms.